The Morgan fingerprint density at radius 1 is 1.00 bits per heavy atom. The van der Waals surface area contributed by atoms with Gasteiger partial charge in [-0.05, 0) is 55.2 Å². The highest BCUT2D eigenvalue weighted by Crippen LogP contribution is 2.27. The quantitative estimate of drug-likeness (QED) is 0.608. The lowest BCUT2D eigenvalue weighted by molar-refractivity contribution is 0.0531. The van der Waals surface area contributed by atoms with Crippen LogP contribution in [0.25, 0.3) is 0 Å². The molecule has 0 unspecified atom stereocenters. The summed E-state index contributed by atoms with van der Waals surface area (Å²) in [4.78, 5) is 24.9. The number of hydrogen-bond acceptors (Lipinski definition) is 4. The van der Waals surface area contributed by atoms with E-state index in [0.717, 1.165) is 17.5 Å². The van der Waals surface area contributed by atoms with Gasteiger partial charge in [0.2, 0.25) is 0 Å². The maximum absolute atomic E-state index is 12.5. The van der Waals surface area contributed by atoms with E-state index in [1.54, 1.807) is 13.0 Å². The van der Waals surface area contributed by atoms with E-state index in [1.165, 1.54) is 16.9 Å². The summed E-state index contributed by atoms with van der Waals surface area (Å²) in [7, 11) is 0. The minimum atomic E-state index is -0.356. The maximum Gasteiger partial charge on any atom is 0.348 e. The van der Waals surface area contributed by atoms with Crippen molar-refractivity contribution in [2.24, 2.45) is 0 Å². The van der Waals surface area contributed by atoms with E-state index < -0.39 is 0 Å². The summed E-state index contributed by atoms with van der Waals surface area (Å²) in [6.07, 6.45) is 0.829. The molecule has 0 atom stereocenters. The van der Waals surface area contributed by atoms with Crippen molar-refractivity contribution in [2.75, 3.05) is 11.9 Å². The highest BCUT2D eigenvalue weighted by Gasteiger charge is 2.16. The van der Waals surface area contributed by atoms with Gasteiger partial charge in [0.25, 0.3) is 5.91 Å². The summed E-state index contributed by atoms with van der Waals surface area (Å²) in [6, 6.07) is 19.6. The Kier molecular flexibility index (Phi) is 6.04. The normalized spacial score (nSPS) is 10.4. The minimum absolute atomic E-state index is 0.196. The van der Waals surface area contributed by atoms with Crippen molar-refractivity contribution >= 4 is 28.2 Å². The Morgan fingerprint density at radius 3 is 2.33 bits per heavy atom. The number of rotatable bonds is 6. The molecule has 1 aromatic heterocycles. The van der Waals surface area contributed by atoms with E-state index in [1.807, 2.05) is 49.4 Å². The first-order valence-electron chi connectivity index (χ1n) is 8.78. The van der Waals surface area contributed by atoms with E-state index in [4.69, 9.17) is 4.74 Å². The minimum Gasteiger partial charge on any atom is -0.462 e. The number of aryl methyl sites for hydroxylation is 1. The summed E-state index contributed by atoms with van der Waals surface area (Å²) < 4.78 is 5.03. The lowest BCUT2D eigenvalue weighted by Crippen LogP contribution is -2.10. The fourth-order valence-corrected chi connectivity index (χ4v) is 3.69. The topological polar surface area (TPSA) is 55.4 Å². The second kappa shape index (κ2) is 8.64. The van der Waals surface area contributed by atoms with E-state index in [-0.39, 0.29) is 11.9 Å². The summed E-state index contributed by atoms with van der Waals surface area (Å²) >= 11 is 1.23. The van der Waals surface area contributed by atoms with Gasteiger partial charge in [-0.2, -0.15) is 0 Å². The van der Waals surface area contributed by atoms with Gasteiger partial charge in [-0.25, -0.2) is 4.79 Å². The van der Waals surface area contributed by atoms with Crippen molar-refractivity contribution in [1.82, 2.24) is 0 Å². The number of amides is 1. The van der Waals surface area contributed by atoms with Gasteiger partial charge >= 0.3 is 5.97 Å². The molecule has 1 N–H and O–H groups in total. The predicted octanol–water partition coefficient (Wildman–Crippen LogP) is 5.08. The molecule has 0 radical (unpaired) electrons. The molecule has 0 spiro atoms. The lowest BCUT2D eigenvalue weighted by atomic mass is 10.0. The van der Waals surface area contributed by atoms with Crippen LogP contribution in [0.5, 0.6) is 0 Å². The van der Waals surface area contributed by atoms with Crippen LogP contribution in [-0.4, -0.2) is 18.5 Å². The van der Waals surface area contributed by atoms with Gasteiger partial charge in [-0.1, -0.05) is 42.5 Å². The molecule has 0 saturated carbocycles. The number of thiophene rings is 1. The second-order valence-electron chi connectivity index (χ2n) is 6.16. The monoisotopic (exact) mass is 379 g/mol. The molecule has 1 heterocycles. The molecule has 5 heteroatoms. The van der Waals surface area contributed by atoms with Crippen molar-refractivity contribution in [2.45, 2.75) is 20.3 Å². The van der Waals surface area contributed by atoms with E-state index in [0.29, 0.717) is 22.0 Å². The molecule has 27 heavy (non-hydrogen) atoms. The van der Waals surface area contributed by atoms with E-state index >= 15 is 0 Å². The number of hydrogen-bond donors (Lipinski definition) is 1. The molecule has 3 aromatic rings. The molecule has 1 amide bonds. The van der Waals surface area contributed by atoms with Crippen LogP contribution in [0.3, 0.4) is 0 Å². The van der Waals surface area contributed by atoms with Crippen LogP contribution in [0.1, 0.15) is 43.6 Å². The zero-order chi connectivity index (χ0) is 19.2. The summed E-state index contributed by atoms with van der Waals surface area (Å²) in [6.45, 7) is 3.93. The lowest BCUT2D eigenvalue weighted by Gasteiger charge is -2.05. The van der Waals surface area contributed by atoms with Gasteiger partial charge in [0.1, 0.15) is 4.88 Å². The molecule has 0 saturated heterocycles. The first-order valence-corrected chi connectivity index (χ1v) is 9.60. The van der Waals surface area contributed by atoms with Crippen molar-refractivity contribution in [3.63, 3.8) is 0 Å². The number of anilines is 1. The molecule has 138 valence electrons. The first kappa shape index (κ1) is 18.9. The van der Waals surface area contributed by atoms with Gasteiger partial charge < -0.3 is 10.1 Å². The predicted molar refractivity (Wildman–Crippen MR) is 109 cm³/mol. The largest absolute Gasteiger partial charge is 0.462 e. The van der Waals surface area contributed by atoms with E-state index in [9.17, 15) is 9.59 Å². The Morgan fingerprint density at radius 2 is 1.67 bits per heavy atom. The third-order valence-electron chi connectivity index (χ3n) is 4.08. The fourth-order valence-electron chi connectivity index (χ4n) is 2.73. The first-order chi connectivity index (χ1) is 13.1. The van der Waals surface area contributed by atoms with Crippen LogP contribution in [0.4, 0.5) is 5.00 Å². The van der Waals surface area contributed by atoms with Crippen LogP contribution in [0, 0.1) is 6.92 Å². The molecule has 0 aliphatic rings. The molecule has 0 aliphatic heterocycles. The van der Waals surface area contributed by atoms with Crippen molar-refractivity contribution in [3.8, 4) is 0 Å². The number of benzene rings is 2. The highest BCUT2D eigenvalue weighted by atomic mass is 32.1. The summed E-state index contributed by atoms with van der Waals surface area (Å²) in [5.74, 6) is -0.552. The van der Waals surface area contributed by atoms with Gasteiger partial charge in [0.05, 0.1) is 11.6 Å². The highest BCUT2D eigenvalue weighted by molar-refractivity contribution is 7.18. The number of nitrogens with one attached hydrogen (secondary N) is 1. The standard InChI is InChI=1S/C22H21NO3S/c1-3-26-22(25)20-15(2)13-19(27-20)23-21(24)18-11-9-17(10-12-18)14-16-7-5-4-6-8-16/h4-13H,3,14H2,1-2H3,(H,23,24). The van der Waals surface area contributed by atoms with Gasteiger partial charge in [0.15, 0.2) is 0 Å². The van der Waals surface area contributed by atoms with E-state index in [2.05, 4.69) is 17.4 Å². The summed E-state index contributed by atoms with van der Waals surface area (Å²) in [5.41, 5.74) is 3.76. The average molecular weight is 379 g/mol. The third kappa shape index (κ3) is 4.83. The smallest absolute Gasteiger partial charge is 0.348 e. The third-order valence-corrected chi connectivity index (χ3v) is 5.22. The van der Waals surface area contributed by atoms with Crippen molar-refractivity contribution < 1.29 is 14.3 Å². The Labute approximate surface area is 162 Å². The Balaban J connectivity index is 1.66. The van der Waals surface area contributed by atoms with Crippen molar-refractivity contribution in [3.05, 3.63) is 87.8 Å². The molecule has 3 rings (SSSR count). The van der Waals surface area contributed by atoms with Crippen LogP contribution in [0.15, 0.2) is 60.7 Å². The Hall–Kier alpha value is -2.92. The number of esters is 1. The van der Waals surface area contributed by atoms with Crippen LogP contribution in [-0.2, 0) is 11.2 Å². The molecule has 2 aromatic carbocycles. The zero-order valence-electron chi connectivity index (χ0n) is 15.3. The molecule has 4 nitrogen and oxygen atoms in total. The fraction of sp³-hybridized carbons (Fsp3) is 0.182. The van der Waals surface area contributed by atoms with Crippen LogP contribution < -0.4 is 5.32 Å². The SMILES string of the molecule is CCOC(=O)c1sc(NC(=O)c2ccc(Cc3ccccc3)cc2)cc1C. The number of carbonyl (C=O) groups excluding carboxylic acids is 2. The number of carbonyl (C=O) groups is 2. The van der Waals surface area contributed by atoms with Crippen LogP contribution >= 0.6 is 11.3 Å². The molecular formula is C22H21NO3S. The van der Waals surface area contributed by atoms with Crippen LogP contribution in [0.2, 0.25) is 0 Å². The Bertz CT molecular complexity index is 930. The van der Waals surface area contributed by atoms with Gasteiger partial charge in [-0.15, -0.1) is 11.3 Å². The molecule has 0 fully saturated rings. The molecule has 0 bridgehead atoms. The zero-order valence-corrected chi connectivity index (χ0v) is 16.1. The second-order valence-corrected chi connectivity index (χ2v) is 7.21. The van der Waals surface area contributed by atoms with Gasteiger partial charge in [-0.3, -0.25) is 4.79 Å². The van der Waals surface area contributed by atoms with Gasteiger partial charge in [0, 0.05) is 5.56 Å². The summed E-state index contributed by atoms with van der Waals surface area (Å²) in [5, 5.41) is 3.49. The molecular weight excluding hydrogens is 358 g/mol. The maximum atomic E-state index is 12.5. The number of ether oxygens (including phenoxy) is 1. The van der Waals surface area contributed by atoms with Crippen molar-refractivity contribution in [1.29, 1.82) is 0 Å². The average Bonchev–Trinajstić information content (AvgIpc) is 3.03. The molecule has 0 aliphatic carbocycles.